The van der Waals surface area contributed by atoms with E-state index in [1.807, 2.05) is 34.2 Å². The number of hydrogen-bond acceptors (Lipinski definition) is 9. The van der Waals surface area contributed by atoms with Crippen LogP contribution in [-0.2, 0) is 43.2 Å². The maximum Gasteiger partial charge on any atom is 0.373 e. The Bertz CT molecular complexity index is 158. The van der Waals surface area contributed by atoms with Gasteiger partial charge in [-0.05, 0) is 6.92 Å². The van der Waals surface area contributed by atoms with E-state index in [0.717, 1.165) is 6.29 Å². The summed E-state index contributed by atoms with van der Waals surface area (Å²) in [5, 5.41) is 6.89. The van der Waals surface area contributed by atoms with Gasteiger partial charge in [-0.2, -0.15) is 19.2 Å². The van der Waals surface area contributed by atoms with Crippen molar-refractivity contribution in [2.75, 3.05) is 0 Å². The van der Waals surface area contributed by atoms with E-state index in [2.05, 4.69) is 0 Å². The van der Waals surface area contributed by atoms with Crippen molar-refractivity contribution in [1.29, 1.82) is 0 Å². The Balaban J connectivity index is -0.0000000139. The van der Waals surface area contributed by atoms with E-state index in [0.29, 0.717) is 0 Å². The molecule has 10 heteroatoms. The van der Waals surface area contributed by atoms with Crippen LogP contribution in [-0.4, -0.2) is 50.5 Å². The average Bonchev–Trinajstić information content (AvgIpc) is 2.50. The van der Waals surface area contributed by atoms with Crippen LogP contribution in [0.2, 0.25) is 0 Å². The summed E-state index contributed by atoms with van der Waals surface area (Å²) in [4.78, 5) is 73.7. The van der Waals surface area contributed by atoms with Crippen molar-refractivity contribution >= 4 is 45.4 Å². The molecule has 0 radical (unpaired) electrons. The Morgan fingerprint density at radius 2 is 0.750 bits per heavy atom. The molecule has 0 heterocycles. The third kappa shape index (κ3) is 302. The zero-order chi connectivity index (χ0) is 18.8. The maximum atomic E-state index is 8.81. The van der Waals surface area contributed by atoms with E-state index in [1.54, 1.807) is 0 Å². The number of carbonyl (C=O) groups excluding carboxylic acids is 8. The van der Waals surface area contributed by atoms with E-state index in [-0.39, 0.29) is 18.8 Å². The lowest BCUT2D eigenvalue weighted by atomic mass is 11.0. The molecule has 0 aromatic rings. The van der Waals surface area contributed by atoms with Crippen LogP contribution in [0.1, 0.15) is 20.8 Å². The van der Waals surface area contributed by atoms with Crippen molar-refractivity contribution in [3.63, 3.8) is 0 Å². The summed E-state index contributed by atoms with van der Waals surface area (Å²) in [5.41, 5.74) is 0. The maximum absolute atomic E-state index is 8.81. The highest BCUT2D eigenvalue weighted by molar-refractivity contribution is 5.44. The summed E-state index contributed by atoms with van der Waals surface area (Å²) >= 11 is 0. The Morgan fingerprint density at radius 1 is 0.750 bits per heavy atom. The molecule has 0 aliphatic carbocycles. The van der Waals surface area contributed by atoms with Crippen LogP contribution >= 0.6 is 0 Å². The van der Waals surface area contributed by atoms with Gasteiger partial charge in [0.2, 0.25) is 0 Å². The Hall–Kier alpha value is -3.09. The molecule has 10 nitrogen and oxygen atoms in total. The Kier molecular flexibility index (Phi) is 11500. The summed E-state index contributed by atoms with van der Waals surface area (Å²) in [6, 6.07) is 0. The number of hydrogen-bond donors (Lipinski definition) is 1. The highest BCUT2D eigenvalue weighted by Gasteiger charge is 1.24. The fourth-order valence-electron chi connectivity index (χ4n) is 0. The highest BCUT2D eigenvalue weighted by Crippen LogP contribution is 1.14. The highest BCUT2D eigenvalue weighted by atomic mass is 16.3. The first-order valence-electron chi connectivity index (χ1n) is 3.99. The normalized spacial score (nSPS) is 2.95. The summed E-state index contributed by atoms with van der Waals surface area (Å²) in [7, 11) is 0. The molecule has 20 heavy (non-hydrogen) atoms. The molecule has 118 valence electrons. The van der Waals surface area contributed by atoms with Crippen LogP contribution in [0.3, 0.4) is 0 Å². The molecule has 0 amide bonds. The van der Waals surface area contributed by atoms with E-state index in [4.69, 9.17) is 48.3 Å². The van der Waals surface area contributed by atoms with Gasteiger partial charge < -0.3 is 24.3 Å². The predicted molar refractivity (Wildman–Crippen MR) is 63.2 cm³/mol. The van der Waals surface area contributed by atoms with Gasteiger partial charge in [0.15, 0.2) is 0 Å². The standard InChI is InChI=1S/C2H4O.C2H6.CH2O2.2CO2.3CH2O/c1-2-3;1-2;3*2-1-3;3*1-2/h2H,1H3;1-2H3;1H,(H,2,3);;;3*1H2. The van der Waals surface area contributed by atoms with Crippen molar-refractivity contribution in [2.24, 2.45) is 0 Å². The lowest BCUT2D eigenvalue weighted by molar-refractivity contribution is -0.193. The first kappa shape index (κ1) is 53.9. The third-order valence-corrected chi connectivity index (χ3v) is 0. The lowest BCUT2D eigenvalue weighted by Crippen LogP contribution is -1.49. The molecule has 0 atom stereocenters. The first-order valence-corrected chi connectivity index (χ1v) is 3.99. The molecule has 0 aromatic carbocycles. The molecule has 1 N–H and O–H groups in total. The number of carboxylic acid groups (broad SMARTS) is 1. The molecule has 0 aliphatic heterocycles. The second-order valence-electron chi connectivity index (χ2n) is 0.508. The minimum absolute atomic E-state index is 0.250. The average molecular weight is 298 g/mol. The fourth-order valence-corrected chi connectivity index (χ4v) is 0. The minimum Gasteiger partial charge on any atom is -0.483 e. The van der Waals surface area contributed by atoms with E-state index >= 15 is 0 Å². The molecule has 0 bridgehead atoms. The van der Waals surface area contributed by atoms with E-state index < -0.39 is 0 Å². The molecule has 0 fully saturated rings. The third-order valence-electron chi connectivity index (χ3n) is 0. The second-order valence-corrected chi connectivity index (χ2v) is 0.508. The minimum atomic E-state index is -0.250. The molecule has 0 aromatic heterocycles. The molecule has 0 saturated carbocycles. The molecular weight excluding hydrogens is 280 g/mol. The zero-order valence-corrected chi connectivity index (χ0v) is 11.4. The smallest absolute Gasteiger partial charge is 0.373 e. The Morgan fingerprint density at radius 3 is 0.750 bits per heavy atom. The molecular formula is C10H18O10. The van der Waals surface area contributed by atoms with Crippen molar-refractivity contribution in [3.05, 3.63) is 0 Å². The zero-order valence-electron chi connectivity index (χ0n) is 11.4. The van der Waals surface area contributed by atoms with Crippen LogP contribution in [0, 0.1) is 0 Å². The van der Waals surface area contributed by atoms with Gasteiger partial charge in [0, 0.05) is 0 Å². The van der Waals surface area contributed by atoms with Crippen molar-refractivity contribution < 1.29 is 48.3 Å². The second kappa shape index (κ2) is 4270. The molecule has 0 unspecified atom stereocenters. The number of aldehydes is 1. The van der Waals surface area contributed by atoms with Gasteiger partial charge in [-0.15, -0.1) is 0 Å². The molecule has 0 spiro atoms. The molecule has 0 saturated heterocycles. The fraction of sp³-hybridized carbons (Fsp3) is 0.300. The van der Waals surface area contributed by atoms with Crippen molar-refractivity contribution in [1.82, 2.24) is 0 Å². The first-order chi connectivity index (χ1) is 9.66. The molecule has 0 rings (SSSR count). The van der Waals surface area contributed by atoms with Crippen LogP contribution < -0.4 is 0 Å². The summed E-state index contributed by atoms with van der Waals surface area (Å²) in [6.45, 7) is 11.2. The molecule has 0 aliphatic rings. The SMILES string of the molecule is C=O.C=O.C=O.CC.CC=O.O=C=O.O=C=O.O=CO. The van der Waals surface area contributed by atoms with Gasteiger partial charge in [0.25, 0.3) is 6.47 Å². The van der Waals surface area contributed by atoms with Gasteiger partial charge in [-0.25, -0.2) is 0 Å². The van der Waals surface area contributed by atoms with Crippen LogP contribution in [0.15, 0.2) is 0 Å². The largest absolute Gasteiger partial charge is 0.483 e. The quantitative estimate of drug-likeness (QED) is 0.558. The van der Waals surface area contributed by atoms with E-state index in [1.165, 1.54) is 6.92 Å². The van der Waals surface area contributed by atoms with Crippen LogP contribution in [0.4, 0.5) is 0 Å². The van der Waals surface area contributed by atoms with Crippen LogP contribution in [0.5, 0.6) is 0 Å². The Labute approximate surface area is 115 Å². The summed E-state index contributed by atoms with van der Waals surface area (Å²) in [6.07, 6.45) is 1.25. The summed E-state index contributed by atoms with van der Waals surface area (Å²) < 4.78 is 0. The lowest BCUT2D eigenvalue weighted by Gasteiger charge is -1.34. The number of carbonyl (C=O) groups is 5. The van der Waals surface area contributed by atoms with Crippen molar-refractivity contribution in [2.45, 2.75) is 20.8 Å². The van der Waals surface area contributed by atoms with Gasteiger partial charge in [0.05, 0.1) is 0 Å². The van der Waals surface area contributed by atoms with E-state index in [9.17, 15) is 0 Å². The number of rotatable bonds is 0. The van der Waals surface area contributed by atoms with Gasteiger partial charge in [-0.3, -0.25) is 4.79 Å². The van der Waals surface area contributed by atoms with Gasteiger partial charge in [-0.1, -0.05) is 13.8 Å². The van der Waals surface area contributed by atoms with Crippen molar-refractivity contribution in [3.8, 4) is 0 Å². The predicted octanol–water partition coefficient (Wildman–Crippen LogP) is -0.789. The van der Waals surface area contributed by atoms with Gasteiger partial charge in [0.1, 0.15) is 26.7 Å². The van der Waals surface area contributed by atoms with Crippen LogP contribution in [0.25, 0.3) is 0 Å². The summed E-state index contributed by atoms with van der Waals surface area (Å²) in [5.74, 6) is 0. The monoisotopic (exact) mass is 298 g/mol. The topological polar surface area (TPSA) is 174 Å². The van der Waals surface area contributed by atoms with Gasteiger partial charge >= 0.3 is 12.3 Å².